The predicted octanol–water partition coefficient (Wildman–Crippen LogP) is 4.81. The molecule has 3 rings (SSSR count). The Morgan fingerprint density at radius 1 is 1.13 bits per heavy atom. The molecule has 3 aromatic rings. The molecule has 0 unspecified atom stereocenters. The number of nitrogens with zero attached hydrogens (tertiary/aromatic N) is 1. The Morgan fingerprint density at radius 2 is 1.87 bits per heavy atom. The highest BCUT2D eigenvalue weighted by molar-refractivity contribution is 7.16. The van der Waals surface area contributed by atoms with Crippen LogP contribution in [0.1, 0.15) is 35.0 Å². The zero-order valence-electron chi connectivity index (χ0n) is 17.4. The SMILES string of the molecule is CCOc1ccccc1C(=O)NCCCC(=O)Nc1nc(-c2ccc(F)cc2)c(C)s1. The van der Waals surface area contributed by atoms with Gasteiger partial charge in [-0.15, -0.1) is 11.3 Å². The monoisotopic (exact) mass is 441 g/mol. The molecule has 0 radical (unpaired) electrons. The Kier molecular flexibility index (Phi) is 7.72. The normalized spacial score (nSPS) is 10.5. The van der Waals surface area contributed by atoms with Crippen LogP contribution >= 0.6 is 11.3 Å². The molecule has 2 N–H and O–H groups in total. The standard InChI is InChI=1S/C23H24FN3O3S/c1-3-30-19-8-5-4-7-18(19)22(29)25-14-6-9-20(28)26-23-27-21(15(2)31-23)16-10-12-17(24)13-11-16/h4-5,7-8,10-13H,3,6,9,14H2,1-2H3,(H,25,29)(H,26,27,28). The Labute approximate surface area is 184 Å². The van der Waals surface area contributed by atoms with E-state index in [2.05, 4.69) is 15.6 Å². The fraction of sp³-hybridized carbons (Fsp3) is 0.261. The molecule has 0 fully saturated rings. The number of para-hydroxylation sites is 1. The first-order chi connectivity index (χ1) is 15.0. The third kappa shape index (κ3) is 6.11. The minimum absolute atomic E-state index is 0.177. The maximum atomic E-state index is 13.1. The number of aryl methyl sites for hydroxylation is 1. The average Bonchev–Trinajstić information content (AvgIpc) is 3.12. The quantitative estimate of drug-likeness (QED) is 0.467. The molecule has 0 aliphatic carbocycles. The van der Waals surface area contributed by atoms with Gasteiger partial charge in [0.25, 0.3) is 5.91 Å². The molecule has 0 saturated heterocycles. The van der Waals surface area contributed by atoms with Crippen molar-refractivity contribution < 1.29 is 18.7 Å². The van der Waals surface area contributed by atoms with Crippen molar-refractivity contribution in [2.45, 2.75) is 26.7 Å². The molecular formula is C23H24FN3O3S. The van der Waals surface area contributed by atoms with Crippen LogP contribution in [0.15, 0.2) is 48.5 Å². The highest BCUT2D eigenvalue weighted by Crippen LogP contribution is 2.30. The minimum atomic E-state index is -0.307. The summed E-state index contributed by atoms with van der Waals surface area (Å²) >= 11 is 1.37. The first kappa shape index (κ1) is 22.4. The Balaban J connectivity index is 1.47. The summed E-state index contributed by atoms with van der Waals surface area (Å²) in [6.07, 6.45) is 0.738. The number of hydrogen-bond acceptors (Lipinski definition) is 5. The molecule has 0 aliphatic heterocycles. The summed E-state index contributed by atoms with van der Waals surface area (Å²) in [6, 6.07) is 13.1. The van der Waals surface area contributed by atoms with Gasteiger partial charge in [-0.1, -0.05) is 12.1 Å². The summed E-state index contributed by atoms with van der Waals surface area (Å²) in [6.45, 7) is 4.61. The van der Waals surface area contributed by atoms with Gasteiger partial charge in [-0.2, -0.15) is 0 Å². The smallest absolute Gasteiger partial charge is 0.255 e. The lowest BCUT2D eigenvalue weighted by Gasteiger charge is -2.10. The Bertz CT molecular complexity index is 1050. The van der Waals surface area contributed by atoms with Crippen LogP contribution in [-0.2, 0) is 4.79 Å². The number of anilines is 1. The van der Waals surface area contributed by atoms with E-state index in [0.29, 0.717) is 36.0 Å². The van der Waals surface area contributed by atoms with Crippen LogP contribution in [0.4, 0.5) is 9.52 Å². The first-order valence-electron chi connectivity index (χ1n) is 10.0. The maximum Gasteiger partial charge on any atom is 0.255 e. The molecule has 0 saturated carbocycles. The van der Waals surface area contributed by atoms with Crippen molar-refractivity contribution in [2.24, 2.45) is 0 Å². The number of benzene rings is 2. The number of nitrogens with one attached hydrogen (secondary N) is 2. The van der Waals surface area contributed by atoms with E-state index in [0.717, 1.165) is 16.1 Å². The molecule has 0 atom stereocenters. The number of carbonyl (C=O) groups excluding carboxylic acids is 2. The van der Waals surface area contributed by atoms with Crippen LogP contribution in [-0.4, -0.2) is 29.9 Å². The van der Waals surface area contributed by atoms with Crippen LogP contribution in [0, 0.1) is 12.7 Å². The van der Waals surface area contributed by atoms with E-state index in [1.807, 2.05) is 19.9 Å². The van der Waals surface area contributed by atoms with Gasteiger partial charge in [0.05, 0.1) is 17.9 Å². The van der Waals surface area contributed by atoms with E-state index in [-0.39, 0.29) is 24.1 Å². The van der Waals surface area contributed by atoms with Crippen molar-refractivity contribution in [3.63, 3.8) is 0 Å². The Morgan fingerprint density at radius 3 is 2.61 bits per heavy atom. The molecule has 6 nitrogen and oxygen atoms in total. The van der Waals surface area contributed by atoms with Gasteiger partial charge in [0.2, 0.25) is 5.91 Å². The molecule has 2 aromatic carbocycles. The lowest BCUT2D eigenvalue weighted by Crippen LogP contribution is -2.26. The second-order valence-electron chi connectivity index (χ2n) is 6.77. The number of hydrogen-bond donors (Lipinski definition) is 2. The number of carbonyl (C=O) groups is 2. The fourth-order valence-electron chi connectivity index (χ4n) is 2.99. The molecule has 0 bridgehead atoms. The zero-order chi connectivity index (χ0) is 22.2. The third-order valence-electron chi connectivity index (χ3n) is 4.46. The van der Waals surface area contributed by atoms with E-state index >= 15 is 0 Å². The number of halogens is 1. The van der Waals surface area contributed by atoms with Crippen molar-refractivity contribution >= 4 is 28.3 Å². The molecule has 8 heteroatoms. The lowest BCUT2D eigenvalue weighted by molar-refractivity contribution is -0.116. The largest absolute Gasteiger partial charge is 0.493 e. The number of rotatable bonds is 9. The van der Waals surface area contributed by atoms with Crippen LogP contribution in [0.2, 0.25) is 0 Å². The summed E-state index contributed by atoms with van der Waals surface area (Å²) in [7, 11) is 0. The predicted molar refractivity (Wildman–Crippen MR) is 120 cm³/mol. The molecule has 31 heavy (non-hydrogen) atoms. The summed E-state index contributed by atoms with van der Waals surface area (Å²) in [5.41, 5.74) is 1.99. The number of aromatic nitrogens is 1. The zero-order valence-corrected chi connectivity index (χ0v) is 18.2. The van der Waals surface area contributed by atoms with Crippen molar-refractivity contribution in [3.8, 4) is 17.0 Å². The van der Waals surface area contributed by atoms with E-state index < -0.39 is 0 Å². The molecule has 2 amide bonds. The van der Waals surface area contributed by atoms with Crippen molar-refractivity contribution in [1.82, 2.24) is 10.3 Å². The summed E-state index contributed by atoms with van der Waals surface area (Å²) in [4.78, 5) is 30.0. The van der Waals surface area contributed by atoms with E-state index in [4.69, 9.17) is 4.74 Å². The molecule has 0 spiro atoms. The van der Waals surface area contributed by atoms with Gasteiger partial charge in [-0.3, -0.25) is 9.59 Å². The minimum Gasteiger partial charge on any atom is -0.493 e. The highest BCUT2D eigenvalue weighted by Gasteiger charge is 2.14. The van der Waals surface area contributed by atoms with Gasteiger partial charge in [0, 0.05) is 23.4 Å². The second-order valence-corrected chi connectivity index (χ2v) is 7.97. The number of thiazole rings is 1. The van der Waals surface area contributed by atoms with Crippen LogP contribution in [0.3, 0.4) is 0 Å². The molecule has 1 aromatic heterocycles. The second kappa shape index (κ2) is 10.7. The topological polar surface area (TPSA) is 80.3 Å². The van der Waals surface area contributed by atoms with Gasteiger partial charge >= 0.3 is 0 Å². The lowest BCUT2D eigenvalue weighted by atomic mass is 10.1. The molecular weight excluding hydrogens is 417 g/mol. The fourth-order valence-corrected chi connectivity index (χ4v) is 3.84. The van der Waals surface area contributed by atoms with Gasteiger partial charge in [0.1, 0.15) is 11.6 Å². The first-order valence-corrected chi connectivity index (χ1v) is 10.8. The Hall–Kier alpha value is -3.26. The van der Waals surface area contributed by atoms with Crippen molar-refractivity contribution in [1.29, 1.82) is 0 Å². The van der Waals surface area contributed by atoms with Gasteiger partial charge < -0.3 is 15.4 Å². The highest BCUT2D eigenvalue weighted by atomic mass is 32.1. The van der Waals surface area contributed by atoms with E-state index in [1.165, 1.54) is 23.5 Å². The average molecular weight is 442 g/mol. The van der Waals surface area contributed by atoms with Gasteiger partial charge in [0.15, 0.2) is 5.13 Å². The maximum absolute atomic E-state index is 13.1. The van der Waals surface area contributed by atoms with Gasteiger partial charge in [-0.05, 0) is 56.7 Å². The van der Waals surface area contributed by atoms with Crippen molar-refractivity contribution in [3.05, 3.63) is 64.8 Å². The molecule has 1 heterocycles. The van der Waals surface area contributed by atoms with E-state index in [1.54, 1.807) is 30.3 Å². The van der Waals surface area contributed by atoms with Crippen LogP contribution in [0.25, 0.3) is 11.3 Å². The summed E-state index contributed by atoms with van der Waals surface area (Å²) in [5, 5.41) is 6.10. The van der Waals surface area contributed by atoms with Gasteiger partial charge in [-0.25, -0.2) is 9.37 Å². The summed E-state index contributed by atoms with van der Waals surface area (Å²) in [5.74, 6) is -0.178. The number of amides is 2. The third-order valence-corrected chi connectivity index (χ3v) is 5.34. The van der Waals surface area contributed by atoms with Crippen LogP contribution < -0.4 is 15.4 Å². The number of ether oxygens (including phenoxy) is 1. The summed E-state index contributed by atoms with van der Waals surface area (Å²) < 4.78 is 18.6. The van der Waals surface area contributed by atoms with Crippen LogP contribution in [0.5, 0.6) is 5.75 Å². The van der Waals surface area contributed by atoms with E-state index in [9.17, 15) is 14.0 Å². The van der Waals surface area contributed by atoms with Crippen molar-refractivity contribution in [2.75, 3.05) is 18.5 Å². The molecule has 0 aliphatic rings. The molecule has 162 valence electrons.